The summed E-state index contributed by atoms with van der Waals surface area (Å²) < 4.78 is 12.9. The van der Waals surface area contributed by atoms with Gasteiger partial charge >= 0.3 is 0 Å². The Hall–Kier alpha value is -3.13. The minimum absolute atomic E-state index is 0.124. The molecule has 1 aromatic heterocycles. The molecule has 0 radical (unpaired) electrons. The molecule has 28 heavy (non-hydrogen) atoms. The van der Waals surface area contributed by atoms with Crippen LogP contribution in [-0.2, 0) is 11.2 Å². The van der Waals surface area contributed by atoms with Crippen LogP contribution in [0.2, 0.25) is 0 Å². The fourth-order valence-electron chi connectivity index (χ4n) is 2.48. The average molecular weight is 398 g/mol. The molecule has 1 heterocycles. The lowest BCUT2D eigenvalue weighted by Gasteiger charge is -2.09. The number of carbonyl (C=O) groups excluding carboxylic acids is 2. The van der Waals surface area contributed by atoms with Gasteiger partial charge in [-0.3, -0.25) is 9.59 Å². The lowest BCUT2D eigenvalue weighted by Crippen LogP contribution is -2.13. The highest BCUT2D eigenvalue weighted by Crippen LogP contribution is 2.19. The molecule has 0 atom stereocenters. The van der Waals surface area contributed by atoms with Gasteiger partial charge in [0.25, 0.3) is 5.91 Å². The highest BCUT2D eigenvalue weighted by molar-refractivity contribution is 7.13. The summed E-state index contributed by atoms with van der Waals surface area (Å²) in [6, 6.07) is 11.2. The first-order valence-electron chi connectivity index (χ1n) is 8.68. The standard InChI is InChI=1S/C20H19FN4O2S/c1-12-4-3-5-16(13(12)2)23-17(26)10-11-18-24-25-20(28-18)19(27)22-15-8-6-14(21)7-9-15/h3-9H,10-11H2,1-2H3,(H,22,27)(H,23,26). The third-order valence-corrected chi connectivity index (χ3v) is 5.19. The third kappa shape index (κ3) is 4.98. The van der Waals surface area contributed by atoms with Crippen molar-refractivity contribution in [2.75, 3.05) is 10.6 Å². The Morgan fingerprint density at radius 2 is 1.79 bits per heavy atom. The molecule has 0 spiro atoms. The molecule has 2 amide bonds. The van der Waals surface area contributed by atoms with Crippen molar-refractivity contribution in [1.29, 1.82) is 0 Å². The van der Waals surface area contributed by atoms with Crippen molar-refractivity contribution in [3.8, 4) is 0 Å². The molecule has 0 saturated heterocycles. The SMILES string of the molecule is Cc1cccc(NC(=O)CCc2nnc(C(=O)Nc3ccc(F)cc3)s2)c1C. The molecule has 0 fully saturated rings. The number of benzene rings is 2. The van der Waals surface area contributed by atoms with E-state index >= 15 is 0 Å². The van der Waals surface area contributed by atoms with Crippen LogP contribution in [0.3, 0.4) is 0 Å². The van der Waals surface area contributed by atoms with E-state index in [1.165, 1.54) is 24.3 Å². The molecule has 2 N–H and O–H groups in total. The molecule has 6 nitrogen and oxygen atoms in total. The highest BCUT2D eigenvalue weighted by Gasteiger charge is 2.14. The first kappa shape index (κ1) is 19.6. The number of aromatic nitrogens is 2. The van der Waals surface area contributed by atoms with Gasteiger partial charge < -0.3 is 10.6 Å². The van der Waals surface area contributed by atoms with Crippen molar-refractivity contribution >= 4 is 34.5 Å². The maximum atomic E-state index is 12.9. The molecule has 144 valence electrons. The van der Waals surface area contributed by atoms with Crippen LogP contribution < -0.4 is 10.6 Å². The number of aryl methyl sites for hydroxylation is 2. The van der Waals surface area contributed by atoms with E-state index < -0.39 is 5.91 Å². The highest BCUT2D eigenvalue weighted by atomic mass is 32.1. The summed E-state index contributed by atoms with van der Waals surface area (Å²) in [5.74, 6) is -0.924. The Morgan fingerprint density at radius 1 is 1.04 bits per heavy atom. The summed E-state index contributed by atoms with van der Waals surface area (Å²) in [6.45, 7) is 3.95. The summed E-state index contributed by atoms with van der Waals surface area (Å²) in [5, 5.41) is 14.2. The van der Waals surface area contributed by atoms with Gasteiger partial charge in [-0.15, -0.1) is 10.2 Å². The number of hydrogen-bond acceptors (Lipinski definition) is 5. The van der Waals surface area contributed by atoms with Crippen LogP contribution in [0, 0.1) is 19.7 Å². The number of nitrogens with zero attached hydrogens (tertiary/aromatic N) is 2. The molecule has 2 aromatic carbocycles. The quantitative estimate of drug-likeness (QED) is 0.654. The van der Waals surface area contributed by atoms with Gasteiger partial charge in [0.05, 0.1) is 0 Å². The number of halogens is 1. The smallest absolute Gasteiger partial charge is 0.286 e. The second-order valence-electron chi connectivity index (χ2n) is 6.26. The minimum atomic E-state index is -0.421. The van der Waals surface area contributed by atoms with Gasteiger partial charge in [-0.1, -0.05) is 23.5 Å². The van der Waals surface area contributed by atoms with Crippen LogP contribution in [-0.4, -0.2) is 22.0 Å². The molecule has 0 unspecified atom stereocenters. The topological polar surface area (TPSA) is 84.0 Å². The van der Waals surface area contributed by atoms with Gasteiger partial charge in [0.2, 0.25) is 10.9 Å². The maximum absolute atomic E-state index is 12.9. The van der Waals surface area contributed by atoms with E-state index in [1.54, 1.807) is 0 Å². The molecule has 0 bridgehead atoms. The predicted octanol–water partition coefficient (Wildman–Crippen LogP) is 4.12. The van der Waals surface area contributed by atoms with Crippen molar-refractivity contribution in [2.24, 2.45) is 0 Å². The lowest BCUT2D eigenvalue weighted by atomic mass is 10.1. The molecule has 0 aliphatic heterocycles. The van der Waals surface area contributed by atoms with Crippen molar-refractivity contribution in [3.63, 3.8) is 0 Å². The largest absolute Gasteiger partial charge is 0.326 e. The number of rotatable bonds is 6. The van der Waals surface area contributed by atoms with Crippen LogP contribution in [0.15, 0.2) is 42.5 Å². The summed E-state index contributed by atoms with van der Waals surface area (Å²) in [4.78, 5) is 24.4. The summed E-state index contributed by atoms with van der Waals surface area (Å²) in [5.41, 5.74) is 3.41. The first-order valence-corrected chi connectivity index (χ1v) is 9.49. The van der Waals surface area contributed by atoms with Crippen LogP contribution in [0.4, 0.5) is 15.8 Å². The number of anilines is 2. The number of hydrogen-bond donors (Lipinski definition) is 2. The molecule has 0 aliphatic carbocycles. The lowest BCUT2D eigenvalue weighted by molar-refractivity contribution is -0.116. The number of nitrogens with one attached hydrogen (secondary N) is 2. The van der Waals surface area contributed by atoms with E-state index in [9.17, 15) is 14.0 Å². The maximum Gasteiger partial charge on any atom is 0.286 e. The van der Waals surface area contributed by atoms with Gasteiger partial charge in [-0.2, -0.15) is 0 Å². The number of amides is 2. The Balaban J connectivity index is 1.54. The average Bonchev–Trinajstić information content (AvgIpc) is 3.15. The van der Waals surface area contributed by atoms with E-state index in [2.05, 4.69) is 20.8 Å². The molecular formula is C20H19FN4O2S. The zero-order valence-electron chi connectivity index (χ0n) is 15.5. The summed E-state index contributed by atoms with van der Waals surface area (Å²) >= 11 is 1.13. The zero-order chi connectivity index (χ0) is 20.1. The second-order valence-corrected chi connectivity index (χ2v) is 7.32. The fourth-order valence-corrected chi connectivity index (χ4v) is 3.22. The van der Waals surface area contributed by atoms with Gasteiger partial charge in [-0.25, -0.2) is 4.39 Å². The summed E-state index contributed by atoms with van der Waals surface area (Å²) in [7, 11) is 0. The molecule has 0 aliphatic rings. The summed E-state index contributed by atoms with van der Waals surface area (Å²) in [6.07, 6.45) is 0.625. The molecule has 0 saturated carbocycles. The van der Waals surface area contributed by atoms with E-state index in [-0.39, 0.29) is 23.2 Å². The Kier molecular flexibility index (Phi) is 6.10. The normalized spacial score (nSPS) is 10.5. The van der Waals surface area contributed by atoms with Crippen molar-refractivity contribution in [3.05, 3.63) is 69.4 Å². The van der Waals surface area contributed by atoms with Gasteiger partial charge in [0, 0.05) is 24.2 Å². The van der Waals surface area contributed by atoms with E-state index in [0.717, 1.165) is 28.2 Å². The van der Waals surface area contributed by atoms with Gasteiger partial charge in [0.1, 0.15) is 10.8 Å². The van der Waals surface area contributed by atoms with Crippen molar-refractivity contribution in [1.82, 2.24) is 10.2 Å². The molecule has 3 rings (SSSR count). The minimum Gasteiger partial charge on any atom is -0.326 e. The van der Waals surface area contributed by atoms with Crippen LogP contribution in [0.25, 0.3) is 0 Å². The van der Waals surface area contributed by atoms with Gasteiger partial charge in [0.15, 0.2) is 0 Å². The van der Waals surface area contributed by atoms with Gasteiger partial charge in [-0.05, 0) is 55.3 Å². The molecule has 8 heteroatoms. The monoisotopic (exact) mass is 398 g/mol. The van der Waals surface area contributed by atoms with Crippen molar-refractivity contribution < 1.29 is 14.0 Å². The molecular weight excluding hydrogens is 379 g/mol. The van der Waals surface area contributed by atoms with Crippen LogP contribution in [0.1, 0.15) is 32.4 Å². The Bertz CT molecular complexity index is 1000. The van der Waals surface area contributed by atoms with Crippen molar-refractivity contribution in [2.45, 2.75) is 26.7 Å². The molecule has 3 aromatic rings. The van der Waals surface area contributed by atoms with Crippen LogP contribution in [0.5, 0.6) is 0 Å². The van der Waals surface area contributed by atoms with Crippen LogP contribution >= 0.6 is 11.3 Å². The van der Waals surface area contributed by atoms with E-state index in [1.807, 2.05) is 32.0 Å². The first-order chi connectivity index (χ1) is 13.4. The second kappa shape index (κ2) is 8.71. The number of carbonyl (C=O) groups is 2. The Morgan fingerprint density at radius 3 is 2.54 bits per heavy atom. The zero-order valence-corrected chi connectivity index (χ0v) is 16.3. The fraction of sp³-hybridized carbons (Fsp3) is 0.200. The Labute approximate surface area is 165 Å². The van der Waals surface area contributed by atoms with E-state index in [4.69, 9.17) is 0 Å². The van der Waals surface area contributed by atoms with E-state index in [0.29, 0.717) is 17.1 Å². The third-order valence-electron chi connectivity index (χ3n) is 4.21. The predicted molar refractivity (Wildman–Crippen MR) is 107 cm³/mol.